The number of fused-ring (bicyclic) bond motifs is 2. The summed E-state index contributed by atoms with van der Waals surface area (Å²) < 4.78 is 16.0. The molecule has 164 valence electrons. The van der Waals surface area contributed by atoms with Crippen LogP contribution in [0.5, 0.6) is 0 Å². The van der Waals surface area contributed by atoms with Crippen LogP contribution in [0.2, 0.25) is 0 Å². The molecule has 4 aromatic heterocycles. The van der Waals surface area contributed by atoms with Gasteiger partial charge in [0.25, 0.3) is 5.56 Å². The fraction of sp³-hybridized carbons (Fsp3) is 0.318. The first-order valence-corrected chi connectivity index (χ1v) is 10.6. The van der Waals surface area contributed by atoms with E-state index in [1.807, 2.05) is 0 Å². The smallest absolute Gasteiger partial charge is 0.283 e. The van der Waals surface area contributed by atoms with Gasteiger partial charge in [0, 0.05) is 18.3 Å². The van der Waals surface area contributed by atoms with Crippen molar-refractivity contribution in [2.24, 2.45) is 0 Å². The van der Waals surface area contributed by atoms with E-state index in [0.29, 0.717) is 28.5 Å². The lowest BCUT2D eigenvalue weighted by atomic mass is 9.96. The molecule has 1 fully saturated rings. The number of pyridine rings is 2. The molecule has 0 spiro atoms. The number of hydrogen-bond donors (Lipinski definition) is 2. The summed E-state index contributed by atoms with van der Waals surface area (Å²) in [6.07, 6.45) is 8.31. The van der Waals surface area contributed by atoms with Crippen LogP contribution in [0.25, 0.3) is 16.7 Å². The van der Waals surface area contributed by atoms with Crippen molar-refractivity contribution in [1.29, 1.82) is 0 Å². The molecule has 9 nitrogen and oxygen atoms in total. The van der Waals surface area contributed by atoms with E-state index in [0.717, 1.165) is 19.0 Å². The van der Waals surface area contributed by atoms with Gasteiger partial charge >= 0.3 is 0 Å². The third kappa shape index (κ3) is 3.91. The Bertz CT molecular complexity index is 1340. The van der Waals surface area contributed by atoms with E-state index >= 15 is 0 Å². The Morgan fingerprint density at radius 3 is 2.75 bits per heavy atom. The predicted molar refractivity (Wildman–Crippen MR) is 118 cm³/mol. The van der Waals surface area contributed by atoms with E-state index in [9.17, 15) is 14.0 Å². The molecule has 0 aliphatic heterocycles. The molecule has 10 heteroatoms. The minimum absolute atomic E-state index is 0.120. The van der Waals surface area contributed by atoms with Crippen LogP contribution < -0.4 is 16.2 Å². The van der Waals surface area contributed by atoms with Gasteiger partial charge < -0.3 is 15.2 Å². The molecule has 1 aliphatic rings. The van der Waals surface area contributed by atoms with Gasteiger partial charge in [0.1, 0.15) is 29.5 Å². The van der Waals surface area contributed by atoms with Crippen molar-refractivity contribution in [2.45, 2.75) is 44.7 Å². The van der Waals surface area contributed by atoms with Crippen LogP contribution >= 0.6 is 0 Å². The summed E-state index contributed by atoms with van der Waals surface area (Å²) in [5.41, 5.74) is 0.551. The molecule has 4 heterocycles. The summed E-state index contributed by atoms with van der Waals surface area (Å²) in [4.78, 5) is 34.0. The van der Waals surface area contributed by atoms with Gasteiger partial charge in [-0.2, -0.15) is 4.52 Å². The summed E-state index contributed by atoms with van der Waals surface area (Å²) in [7, 11) is 0. The van der Waals surface area contributed by atoms with Crippen LogP contribution in [0, 0.1) is 5.82 Å². The minimum atomic E-state index is -0.488. The highest BCUT2D eigenvalue weighted by molar-refractivity contribution is 5.91. The standard InChI is InChI=1S/C22H22FN7O2/c23-14-8-9-17(25-12-14)27-19(31)13-29-20-11-18(26-15-5-2-1-3-6-15)28-30(20)22(32)16-7-4-10-24-21(16)29/h4,7-12,15H,1-3,5-6,13H2,(H,26,28)(H,25,27,31). The summed E-state index contributed by atoms with van der Waals surface area (Å²) in [5.74, 6) is -0.0419. The average molecular weight is 435 g/mol. The van der Waals surface area contributed by atoms with Crippen LogP contribution in [0.1, 0.15) is 32.1 Å². The van der Waals surface area contributed by atoms with Crippen molar-refractivity contribution in [3.63, 3.8) is 0 Å². The van der Waals surface area contributed by atoms with E-state index in [1.165, 1.54) is 35.9 Å². The zero-order valence-corrected chi connectivity index (χ0v) is 17.3. The lowest BCUT2D eigenvalue weighted by molar-refractivity contribution is -0.116. The van der Waals surface area contributed by atoms with Crippen LogP contribution in [0.15, 0.2) is 47.5 Å². The van der Waals surface area contributed by atoms with Gasteiger partial charge in [0.05, 0.1) is 11.6 Å². The Kier molecular flexibility index (Phi) is 5.26. The maximum atomic E-state index is 13.1. The number of carbonyl (C=O) groups is 1. The van der Waals surface area contributed by atoms with Gasteiger partial charge in [-0.3, -0.25) is 9.59 Å². The molecule has 0 saturated heterocycles. The monoisotopic (exact) mass is 435 g/mol. The zero-order chi connectivity index (χ0) is 22.1. The molecule has 1 saturated carbocycles. The Morgan fingerprint density at radius 2 is 1.97 bits per heavy atom. The molecular weight excluding hydrogens is 413 g/mol. The Balaban J connectivity index is 1.52. The van der Waals surface area contributed by atoms with Crippen molar-refractivity contribution in [3.05, 3.63) is 58.9 Å². The van der Waals surface area contributed by atoms with Crippen LogP contribution in [-0.2, 0) is 11.3 Å². The molecule has 1 amide bonds. The molecule has 0 atom stereocenters. The Labute approximate surface area is 182 Å². The topological polar surface area (TPSA) is 106 Å². The van der Waals surface area contributed by atoms with Crippen LogP contribution in [0.3, 0.4) is 0 Å². The third-order valence-corrected chi connectivity index (χ3v) is 5.69. The molecule has 2 N–H and O–H groups in total. The first-order valence-electron chi connectivity index (χ1n) is 10.6. The van der Waals surface area contributed by atoms with Gasteiger partial charge in [0.2, 0.25) is 5.91 Å². The number of nitrogens with zero attached hydrogens (tertiary/aromatic N) is 5. The highest BCUT2D eigenvalue weighted by atomic mass is 19.1. The predicted octanol–water partition coefficient (Wildman–Crippen LogP) is 2.96. The number of carbonyl (C=O) groups excluding carboxylic acids is 1. The van der Waals surface area contributed by atoms with Crippen LogP contribution in [0.4, 0.5) is 16.0 Å². The third-order valence-electron chi connectivity index (χ3n) is 5.69. The number of hydrogen-bond acceptors (Lipinski definition) is 6. The Hall–Kier alpha value is -3.82. The average Bonchev–Trinajstić information content (AvgIpc) is 3.23. The first-order chi connectivity index (χ1) is 15.6. The number of rotatable bonds is 5. The van der Waals surface area contributed by atoms with Gasteiger partial charge in [-0.25, -0.2) is 14.4 Å². The SMILES string of the molecule is O=C(Cn1c2ncccc2c(=O)n2nc(NC3CCCCC3)cc12)Nc1ccc(F)cn1. The number of halogens is 1. The van der Waals surface area contributed by atoms with Crippen molar-refractivity contribution in [2.75, 3.05) is 10.6 Å². The number of aromatic nitrogens is 5. The summed E-state index contributed by atoms with van der Waals surface area (Å²) in [6.45, 7) is -0.120. The van der Waals surface area contributed by atoms with E-state index in [4.69, 9.17) is 0 Å². The minimum Gasteiger partial charge on any atom is -0.366 e. The highest BCUT2D eigenvalue weighted by Gasteiger charge is 2.19. The van der Waals surface area contributed by atoms with Crippen molar-refractivity contribution >= 4 is 34.2 Å². The normalized spacial score (nSPS) is 14.7. The highest BCUT2D eigenvalue weighted by Crippen LogP contribution is 2.22. The number of nitrogens with one attached hydrogen (secondary N) is 2. The fourth-order valence-corrected chi connectivity index (χ4v) is 4.17. The van der Waals surface area contributed by atoms with Gasteiger partial charge in [0.15, 0.2) is 5.82 Å². The number of amides is 1. The van der Waals surface area contributed by atoms with Crippen molar-refractivity contribution in [3.8, 4) is 0 Å². The lowest BCUT2D eigenvalue weighted by Gasteiger charge is -2.22. The largest absolute Gasteiger partial charge is 0.366 e. The summed E-state index contributed by atoms with van der Waals surface area (Å²) in [5, 5.41) is 10.9. The molecule has 0 aromatic carbocycles. The van der Waals surface area contributed by atoms with E-state index < -0.39 is 5.82 Å². The molecule has 4 aromatic rings. The first kappa shape index (κ1) is 20.1. The molecule has 1 aliphatic carbocycles. The molecular formula is C22H22FN7O2. The maximum absolute atomic E-state index is 13.1. The zero-order valence-electron chi connectivity index (χ0n) is 17.3. The van der Waals surface area contributed by atoms with Gasteiger partial charge in [-0.1, -0.05) is 19.3 Å². The molecule has 0 unspecified atom stereocenters. The van der Waals surface area contributed by atoms with E-state index in [-0.39, 0.29) is 23.8 Å². The van der Waals surface area contributed by atoms with Crippen LogP contribution in [-0.4, -0.2) is 36.1 Å². The van der Waals surface area contributed by atoms with Crippen molar-refractivity contribution in [1.82, 2.24) is 24.1 Å². The summed E-state index contributed by atoms with van der Waals surface area (Å²) in [6, 6.07) is 8.03. The summed E-state index contributed by atoms with van der Waals surface area (Å²) >= 11 is 0. The molecule has 5 rings (SSSR count). The number of anilines is 2. The molecule has 0 bridgehead atoms. The molecule has 32 heavy (non-hydrogen) atoms. The quantitative estimate of drug-likeness (QED) is 0.499. The second-order valence-corrected chi connectivity index (χ2v) is 7.95. The van der Waals surface area contributed by atoms with E-state index in [2.05, 4.69) is 25.7 Å². The van der Waals surface area contributed by atoms with Crippen molar-refractivity contribution < 1.29 is 9.18 Å². The fourth-order valence-electron chi connectivity index (χ4n) is 4.17. The van der Waals surface area contributed by atoms with Gasteiger partial charge in [-0.05, 0) is 37.1 Å². The maximum Gasteiger partial charge on any atom is 0.283 e. The van der Waals surface area contributed by atoms with E-state index in [1.54, 1.807) is 29.0 Å². The van der Waals surface area contributed by atoms with Gasteiger partial charge in [-0.15, -0.1) is 5.10 Å². The second kappa shape index (κ2) is 8.37. The molecule has 0 radical (unpaired) electrons. The second-order valence-electron chi connectivity index (χ2n) is 7.95. The Morgan fingerprint density at radius 1 is 1.12 bits per heavy atom. The lowest BCUT2D eigenvalue weighted by Crippen LogP contribution is -2.25.